The van der Waals surface area contributed by atoms with Gasteiger partial charge in [-0.2, -0.15) is 0 Å². The van der Waals surface area contributed by atoms with Gasteiger partial charge in [-0.3, -0.25) is 9.59 Å². The highest BCUT2D eigenvalue weighted by atomic mass is 35.5. The minimum absolute atomic E-state index is 0.0459. The lowest BCUT2D eigenvalue weighted by molar-refractivity contribution is -0.142. The molecule has 8 heteroatoms. The lowest BCUT2D eigenvalue weighted by Gasteiger charge is -2.31. The van der Waals surface area contributed by atoms with Crippen LogP contribution in [0.2, 0.25) is 15.1 Å². The van der Waals surface area contributed by atoms with Gasteiger partial charge in [0.2, 0.25) is 5.91 Å². The van der Waals surface area contributed by atoms with Crippen LogP contribution in [0.4, 0.5) is 0 Å². The van der Waals surface area contributed by atoms with Crippen molar-refractivity contribution in [3.05, 3.63) is 98.0 Å². The minimum atomic E-state index is -0.806. The van der Waals surface area contributed by atoms with Crippen LogP contribution in [0.15, 0.2) is 60.7 Å². The summed E-state index contributed by atoms with van der Waals surface area (Å²) in [6.07, 6.45) is 0.313. The van der Waals surface area contributed by atoms with Crippen LogP contribution in [0.25, 0.3) is 0 Å². The molecule has 0 saturated carbocycles. The van der Waals surface area contributed by atoms with Crippen molar-refractivity contribution in [1.82, 2.24) is 10.2 Å². The van der Waals surface area contributed by atoms with Crippen molar-refractivity contribution < 1.29 is 14.3 Å². The number of carbonyl (C=O) groups is 2. The number of nitrogens with zero attached hydrogens (tertiary/aromatic N) is 1. The molecular weight excluding hydrogens is 507 g/mol. The first-order valence-electron chi connectivity index (χ1n) is 11.1. The predicted octanol–water partition coefficient (Wildman–Crippen LogP) is 6.03. The molecule has 35 heavy (non-hydrogen) atoms. The molecule has 0 bridgehead atoms. The quantitative estimate of drug-likeness (QED) is 0.365. The molecule has 0 unspecified atom stereocenters. The third-order valence-corrected chi connectivity index (χ3v) is 6.98. The molecule has 0 fully saturated rings. The number of aryl methyl sites for hydroxylation is 2. The smallest absolute Gasteiger partial charge is 0.261 e. The van der Waals surface area contributed by atoms with Crippen molar-refractivity contribution in [2.24, 2.45) is 0 Å². The summed E-state index contributed by atoms with van der Waals surface area (Å²) in [5, 5.41) is 4.16. The second-order valence-electron chi connectivity index (χ2n) is 8.20. The molecule has 1 N–H and O–H groups in total. The summed E-state index contributed by atoms with van der Waals surface area (Å²) in [5.41, 5.74) is 3.17. The van der Waals surface area contributed by atoms with Crippen LogP contribution in [-0.2, 0) is 22.6 Å². The van der Waals surface area contributed by atoms with Gasteiger partial charge in [0.15, 0.2) is 6.61 Å². The van der Waals surface area contributed by atoms with E-state index in [-0.39, 0.29) is 25.0 Å². The molecule has 0 aliphatic carbocycles. The summed E-state index contributed by atoms with van der Waals surface area (Å²) in [7, 11) is 1.54. The summed E-state index contributed by atoms with van der Waals surface area (Å²) in [6.45, 7) is 3.52. The molecule has 0 saturated heterocycles. The average Bonchev–Trinajstić information content (AvgIpc) is 2.84. The van der Waals surface area contributed by atoms with Crippen molar-refractivity contribution in [2.75, 3.05) is 13.7 Å². The number of halogens is 3. The molecule has 3 rings (SSSR count). The Hall–Kier alpha value is -2.73. The Morgan fingerprint density at radius 1 is 0.943 bits per heavy atom. The third-order valence-electron chi connectivity index (χ3n) is 5.68. The molecule has 5 nitrogen and oxygen atoms in total. The largest absolute Gasteiger partial charge is 0.484 e. The maximum atomic E-state index is 13.5. The summed E-state index contributed by atoms with van der Waals surface area (Å²) < 4.78 is 5.83. The van der Waals surface area contributed by atoms with E-state index >= 15 is 0 Å². The van der Waals surface area contributed by atoms with Gasteiger partial charge in [0.05, 0.1) is 0 Å². The van der Waals surface area contributed by atoms with Crippen LogP contribution in [-0.4, -0.2) is 36.4 Å². The Kier molecular flexibility index (Phi) is 9.44. The molecule has 0 spiro atoms. The Bertz CT molecular complexity index is 1160. The molecule has 0 aliphatic rings. The van der Waals surface area contributed by atoms with Crippen molar-refractivity contribution in [3.63, 3.8) is 0 Å². The standard InChI is InChI=1S/C27H27Cl3N2O3/c1-17-12-20(13-18(2)26(17)30)35-16-25(33)32(15-21-22(28)10-7-11-23(21)29)24(27(34)31-3)14-19-8-5-4-6-9-19/h4-13,24H,14-16H2,1-3H3,(H,31,34)/t24-/m1/s1. The second-order valence-corrected chi connectivity index (χ2v) is 9.39. The first kappa shape index (κ1) is 26.9. The number of nitrogens with one attached hydrogen (secondary N) is 1. The van der Waals surface area contributed by atoms with Crippen LogP contribution in [0.3, 0.4) is 0 Å². The van der Waals surface area contributed by atoms with Crippen molar-refractivity contribution >= 4 is 46.6 Å². The summed E-state index contributed by atoms with van der Waals surface area (Å²) in [4.78, 5) is 28.0. The summed E-state index contributed by atoms with van der Waals surface area (Å²) in [6, 6.07) is 17.4. The van der Waals surface area contributed by atoms with E-state index in [2.05, 4.69) is 5.32 Å². The van der Waals surface area contributed by atoms with Gasteiger partial charge in [0.25, 0.3) is 5.91 Å². The zero-order chi connectivity index (χ0) is 25.5. The number of ether oxygens (including phenoxy) is 1. The van der Waals surface area contributed by atoms with Crippen LogP contribution >= 0.6 is 34.8 Å². The Balaban J connectivity index is 1.93. The van der Waals surface area contributed by atoms with Gasteiger partial charge in [-0.25, -0.2) is 0 Å². The number of amides is 2. The second kappa shape index (κ2) is 12.3. The first-order chi connectivity index (χ1) is 16.7. The number of hydrogen-bond acceptors (Lipinski definition) is 3. The van der Waals surface area contributed by atoms with Crippen molar-refractivity contribution in [1.29, 1.82) is 0 Å². The van der Waals surface area contributed by atoms with E-state index in [9.17, 15) is 9.59 Å². The van der Waals surface area contributed by atoms with Gasteiger partial charge in [-0.1, -0.05) is 71.2 Å². The molecule has 0 aliphatic heterocycles. The fraction of sp³-hybridized carbons (Fsp3) is 0.259. The van der Waals surface area contributed by atoms with E-state index in [4.69, 9.17) is 39.5 Å². The number of likely N-dealkylation sites (N-methyl/N-ethyl adjacent to an activating group) is 1. The molecule has 1 atom stereocenters. The monoisotopic (exact) mass is 532 g/mol. The molecule has 2 amide bonds. The maximum absolute atomic E-state index is 13.5. The Morgan fingerprint density at radius 3 is 2.11 bits per heavy atom. The highest BCUT2D eigenvalue weighted by Crippen LogP contribution is 2.28. The Labute approximate surface area is 220 Å². The molecular formula is C27H27Cl3N2O3. The van der Waals surface area contributed by atoms with Crippen LogP contribution < -0.4 is 10.1 Å². The fourth-order valence-electron chi connectivity index (χ4n) is 3.79. The third kappa shape index (κ3) is 6.91. The average molecular weight is 534 g/mol. The van der Waals surface area contributed by atoms with E-state index in [1.165, 1.54) is 4.90 Å². The van der Waals surface area contributed by atoms with Gasteiger partial charge in [-0.05, 0) is 54.8 Å². The predicted molar refractivity (Wildman–Crippen MR) is 141 cm³/mol. The Morgan fingerprint density at radius 2 is 1.54 bits per heavy atom. The normalized spacial score (nSPS) is 11.6. The molecule has 0 heterocycles. The van der Waals surface area contributed by atoms with E-state index in [1.54, 1.807) is 37.4 Å². The highest BCUT2D eigenvalue weighted by Gasteiger charge is 2.31. The van der Waals surface area contributed by atoms with Gasteiger partial charge in [0, 0.05) is 40.6 Å². The van der Waals surface area contributed by atoms with Crippen molar-refractivity contribution in [2.45, 2.75) is 32.9 Å². The number of carbonyl (C=O) groups excluding carboxylic acids is 2. The summed E-state index contributed by atoms with van der Waals surface area (Å²) in [5.74, 6) is -0.160. The zero-order valence-corrected chi connectivity index (χ0v) is 22.0. The first-order valence-corrected chi connectivity index (χ1v) is 12.2. The highest BCUT2D eigenvalue weighted by molar-refractivity contribution is 6.36. The van der Waals surface area contributed by atoms with Gasteiger partial charge in [0.1, 0.15) is 11.8 Å². The van der Waals surface area contributed by atoms with Crippen LogP contribution in [0.1, 0.15) is 22.3 Å². The lowest BCUT2D eigenvalue weighted by atomic mass is 10.0. The topological polar surface area (TPSA) is 58.6 Å². The van der Waals surface area contributed by atoms with Crippen LogP contribution in [0, 0.1) is 13.8 Å². The van der Waals surface area contributed by atoms with E-state index in [0.717, 1.165) is 16.7 Å². The van der Waals surface area contributed by atoms with E-state index in [1.807, 2.05) is 44.2 Å². The maximum Gasteiger partial charge on any atom is 0.261 e. The molecule has 0 aromatic heterocycles. The number of rotatable bonds is 9. The van der Waals surface area contributed by atoms with Crippen LogP contribution in [0.5, 0.6) is 5.75 Å². The SMILES string of the molecule is CNC(=O)[C@@H](Cc1ccccc1)N(Cc1c(Cl)cccc1Cl)C(=O)COc1cc(C)c(Cl)c(C)c1. The number of benzene rings is 3. The summed E-state index contributed by atoms with van der Waals surface area (Å²) >= 11 is 19.1. The van der Waals surface area contributed by atoms with E-state index < -0.39 is 6.04 Å². The number of hydrogen-bond donors (Lipinski definition) is 1. The molecule has 184 valence electrons. The minimum Gasteiger partial charge on any atom is -0.484 e. The molecule has 0 radical (unpaired) electrons. The zero-order valence-electron chi connectivity index (χ0n) is 19.8. The lowest BCUT2D eigenvalue weighted by Crippen LogP contribution is -2.51. The van der Waals surface area contributed by atoms with Gasteiger partial charge >= 0.3 is 0 Å². The molecule has 3 aromatic rings. The van der Waals surface area contributed by atoms with Gasteiger partial charge in [-0.15, -0.1) is 0 Å². The van der Waals surface area contributed by atoms with Gasteiger partial charge < -0.3 is 15.0 Å². The molecule has 3 aromatic carbocycles. The fourth-order valence-corrected chi connectivity index (χ4v) is 4.42. The van der Waals surface area contributed by atoms with E-state index in [0.29, 0.717) is 32.8 Å². The van der Waals surface area contributed by atoms with Crippen molar-refractivity contribution in [3.8, 4) is 5.75 Å².